The highest BCUT2D eigenvalue weighted by atomic mass is 16.5. The molecule has 3 atom stereocenters. The molecule has 0 aromatic carbocycles. The van der Waals surface area contributed by atoms with Crippen molar-refractivity contribution in [2.45, 2.75) is 76.0 Å². The molecular formula is C19H32N2O3. The highest BCUT2D eigenvalue weighted by Gasteiger charge is 2.58. The van der Waals surface area contributed by atoms with Crippen molar-refractivity contribution in [1.29, 1.82) is 0 Å². The van der Waals surface area contributed by atoms with Gasteiger partial charge in [0.15, 0.2) is 0 Å². The van der Waals surface area contributed by atoms with Crippen LogP contribution in [0.5, 0.6) is 0 Å². The van der Waals surface area contributed by atoms with Gasteiger partial charge in [-0.1, -0.05) is 12.8 Å². The minimum absolute atomic E-state index is 0.148. The van der Waals surface area contributed by atoms with E-state index < -0.39 is 0 Å². The number of amides is 1. The molecule has 2 aliphatic heterocycles. The molecule has 0 aromatic rings. The summed E-state index contributed by atoms with van der Waals surface area (Å²) in [6.45, 7) is 3.67. The first-order valence-corrected chi connectivity index (χ1v) is 9.98. The first kappa shape index (κ1) is 16.8. The number of carbonyl (C=O) groups excluding carboxylic acids is 1. The van der Waals surface area contributed by atoms with Crippen molar-refractivity contribution in [1.82, 2.24) is 10.2 Å². The van der Waals surface area contributed by atoms with Gasteiger partial charge >= 0.3 is 0 Å². The summed E-state index contributed by atoms with van der Waals surface area (Å²) in [5, 5.41) is 13.6. The summed E-state index contributed by atoms with van der Waals surface area (Å²) in [6, 6.07) is 0.677. The molecule has 2 N–H and O–H groups in total. The molecule has 3 unspecified atom stereocenters. The van der Waals surface area contributed by atoms with Crippen molar-refractivity contribution in [3.63, 3.8) is 0 Å². The Morgan fingerprint density at radius 3 is 2.50 bits per heavy atom. The summed E-state index contributed by atoms with van der Waals surface area (Å²) < 4.78 is 5.44. The molecule has 4 fully saturated rings. The Morgan fingerprint density at radius 1 is 1.08 bits per heavy atom. The van der Waals surface area contributed by atoms with E-state index in [0.29, 0.717) is 12.1 Å². The number of aliphatic hydroxyl groups is 1. The summed E-state index contributed by atoms with van der Waals surface area (Å²) in [6.07, 6.45) is 9.57. The van der Waals surface area contributed by atoms with Crippen molar-refractivity contribution in [3.8, 4) is 0 Å². The molecule has 1 amide bonds. The molecule has 0 radical (unpaired) electrons. The molecule has 4 rings (SSSR count). The van der Waals surface area contributed by atoms with E-state index >= 15 is 0 Å². The largest absolute Gasteiger partial charge is 0.391 e. The molecule has 2 saturated carbocycles. The monoisotopic (exact) mass is 336 g/mol. The molecule has 5 heteroatoms. The van der Waals surface area contributed by atoms with Crippen molar-refractivity contribution in [2.75, 3.05) is 26.3 Å². The highest BCUT2D eigenvalue weighted by Crippen LogP contribution is 2.59. The third kappa shape index (κ3) is 3.35. The average Bonchev–Trinajstić information content (AvgIpc) is 3.30. The van der Waals surface area contributed by atoms with Gasteiger partial charge in [-0.2, -0.15) is 0 Å². The van der Waals surface area contributed by atoms with Crippen molar-refractivity contribution < 1.29 is 14.6 Å². The Morgan fingerprint density at radius 2 is 1.79 bits per heavy atom. The lowest BCUT2D eigenvalue weighted by Crippen LogP contribution is -2.52. The van der Waals surface area contributed by atoms with Gasteiger partial charge in [-0.05, 0) is 50.4 Å². The normalized spacial score (nSPS) is 37.3. The topological polar surface area (TPSA) is 61.8 Å². The lowest BCUT2D eigenvalue weighted by Gasteiger charge is -2.41. The fourth-order valence-electron chi connectivity index (χ4n) is 5.24. The minimum atomic E-state index is -0.148. The fourth-order valence-corrected chi connectivity index (χ4v) is 5.24. The standard InChI is InChI=1S/C19H32N2O3/c22-17-4-2-1-3-16(17)21-9-5-14(6-10-21)20-18(23)15-13-19(15)7-11-24-12-8-19/h14-17,22H,1-13H2,(H,20,23). The van der Waals surface area contributed by atoms with E-state index in [-0.39, 0.29) is 23.3 Å². The molecule has 2 aliphatic carbocycles. The summed E-state index contributed by atoms with van der Waals surface area (Å²) in [5.41, 5.74) is 0.273. The van der Waals surface area contributed by atoms with E-state index in [2.05, 4.69) is 10.2 Å². The Balaban J connectivity index is 1.23. The van der Waals surface area contributed by atoms with Gasteiger partial charge in [-0.3, -0.25) is 9.69 Å². The maximum Gasteiger partial charge on any atom is 0.223 e. The van der Waals surface area contributed by atoms with Crippen LogP contribution < -0.4 is 5.32 Å². The average molecular weight is 336 g/mol. The number of rotatable bonds is 3. The molecule has 4 aliphatic rings. The zero-order valence-electron chi connectivity index (χ0n) is 14.7. The number of hydrogen-bond donors (Lipinski definition) is 2. The van der Waals surface area contributed by atoms with Gasteiger partial charge in [0.2, 0.25) is 5.91 Å². The predicted octanol–water partition coefficient (Wildman–Crippen LogP) is 1.69. The van der Waals surface area contributed by atoms with Gasteiger partial charge in [0.1, 0.15) is 0 Å². The maximum absolute atomic E-state index is 12.6. The van der Waals surface area contributed by atoms with Crippen LogP contribution >= 0.6 is 0 Å². The molecule has 5 nitrogen and oxygen atoms in total. The second kappa shape index (κ2) is 6.93. The van der Waals surface area contributed by atoms with Crippen LogP contribution in [0.2, 0.25) is 0 Å². The maximum atomic E-state index is 12.6. The number of piperidine rings is 1. The number of nitrogens with zero attached hydrogens (tertiary/aromatic N) is 1. The second-order valence-corrected chi connectivity index (χ2v) is 8.47. The molecule has 136 valence electrons. The number of aliphatic hydroxyl groups excluding tert-OH is 1. The first-order chi connectivity index (χ1) is 11.7. The Hall–Kier alpha value is -0.650. The van der Waals surface area contributed by atoms with Gasteiger partial charge in [-0.25, -0.2) is 0 Å². The van der Waals surface area contributed by atoms with E-state index in [1.165, 1.54) is 12.8 Å². The van der Waals surface area contributed by atoms with Crippen LogP contribution in [0.4, 0.5) is 0 Å². The van der Waals surface area contributed by atoms with Crippen molar-refractivity contribution in [3.05, 3.63) is 0 Å². The Kier molecular flexibility index (Phi) is 4.85. The van der Waals surface area contributed by atoms with Crippen LogP contribution in [0.1, 0.15) is 57.8 Å². The van der Waals surface area contributed by atoms with Crippen LogP contribution in [0.15, 0.2) is 0 Å². The highest BCUT2D eigenvalue weighted by molar-refractivity contribution is 5.82. The van der Waals surface area contributed by atoms with E-state index in [1.807, 2.05) is 0 Å². The third-order valence-electron chi connectivity index (χ3n) is 7.03. The SMILES string of the molecule is O=C(NC1CCN(C2CCCCC2O)CC1)C1CC12CCOCC2. The van der Waals surface area contributed by atoms with Gasteiger partial charge in [0.05, 0.1) is 6.10 Å². The number of nitrogens with one attached hydrogen (secondary N) is 1. The van der Waals surface area contributed by atoms with Crippen molar-refractivity contribution in [2.24, 2.45) is 11.3 Å². The number of carbonyl (C=O) groups is 1. The minimum Gasteiger partial charge on any atom is -0.391 e. The van der Waals surface area contributed by atoms with Crippen LogP contribution in [0.3, 0.4) is 0 Å². The molecule has 0 bridgehead atoms. The molecule has 2 saturated heterocycles. The summed E-state index contributed by atoms with van der Waals surface area (Å²) in [4.78, 5) is 15.0. The van der Waals surface area contributed by atoms with Gasteiger partial charge in [0, 0.05) is 44.3 Å². The Labute approximate surface area is 145 Å². The van der Waals surface area contributed by atoms with Gasteiger partial charge in [-0.15, -0.1) is 0 Å². The van der Waals surface area contributed by atoms with E-state index in [9.17, 15) is 9.90 Å². The zero-order chi connectivity index (χ0) is 16.6. The van der Waals surface area contributed by atoms with Crippen LogP contribution in [0, 0.1) is 11.3 Å². The Bertz CT molecular complexity index is 456. The van der Waals surface area contributed by atoms with Crippen LogP contribution in [0.25, 0.3) is 0 Å². The smallest absolute Gasteiger partial charge is 0.223 e. The lowest BCUT2D eigenvalue weighted by atomic mass is 9.89. The van der Waals surface area contributed by atoms with Crippen LogP contribution in [-0.2, 0) is 9.53 Å². The number of hydrogen-bond acceptors (Lipinski definition) is 4. The van der Waals surface area contributed by atoms with E-state index in [0.717, 1.165) is 71.2 Å². The molecule has 1 spiro atoms. The number of likely N-dealkylation sites (tertiary alicyclic amines) is 1. The van der Waals surface area contributed by atoms with Crippen LogP contribution in [-0.4, -0.2) is 60.4 Å². The van der Waals surface area contributed by atoms with E-state index in [1.54, 1.807) is 0 Å². The molecule has 0 aromatic heterocycles. The van der Waals surface area contributed by atoms with Crippen molar-refractivity contribution >= 4 is 5.91 Å². The predicted molar refractivity (Wildman–Crippen MR) is 91.6 cm³/mol. The molecular weight excluding hydrogens is 304 g/mol. The quantitative estimate of drug-likeness (QED) is 0.823. The first-order valence-electron chi connectivity index (χ1n) is 9.98. The zero-order valence-corrected chi connectivity index (χ0v) is 14.7. The summed E-state index contributed by atoms with van der Waals surface area (Å²) in [7, 11) is 0. The third-order valence-corrected chi connectivity index (χ3v) is 7.03. The lowest BCUT2D eigenvalue weighted by molar-refractivity contribution is -0.124. The van der Waals surface area contributed by atoms with E-state index in [4.69, 9.17) is 4.74 Å². The fraction of sp³-hybridized carbons (Fsp3) is 0.947. The molecule has 2 heterocycles. The van der Waals surface area contributed by atoms with Gasteiger partial charge in [0.25, 0.3) is 0 Å². The van der Waals surface area contributed by atoms with Gasteiger partial charge < -0.3 is 15.2 Å². The number of ether oxygens (including phenoxy) is 1. The molecule has 24 heavy (non-hydrogen) atoms. The second-order valence-electron chi connectivity index (χ2n) is 8.47. The summed E-state index contributed by atoms with van der Waals surface area (Å²) >= 11 is 0. The summed E-state index contributed by atoms with van der Waals surface area (Å²) in [5.74, 6) is 0.521.